The van der Waals surface area contributed by atoms with Gasteiger partial charge in [0.25, 0.3) is 5.56 Å². The van der Waals surface area contributed by atoms with Crippen molar-refractivity contribution in [2.24, 2.45) is 5.10 Å². The third-order valence-corrected chi connectivity index (χ3v) is 4.46. The number of methoxy groups -OCH3 is 1. The van der Waals surface area contributed by atoms with Gasteiger partial charge in [-0.1, -0.05) is 28.1 Å². The quantitative estimate of drug-likeness (QED) is 0.542. The van der Waals surface area contributed by atoms with Gasteiger partial charge >= 0.3 is 11.7 Å². The maximum atomic E-state index is 12.6. The smallest absolute Gasteiger partial charge is 0.349 e. The summed E-state index contributed by atoms with van der Waals surface area (Å²) in [6.07, 6.45) is 0.0619. The molecular weight excluding hydrogens is 446 g/mol. The van der Waals surface area contributed by atoms with Crippen LogP contribution in [0.4, 0.5) is 0 Å². The number of halogens is 1. The molecule has 29 heavy (non-hydrogen) atoms. The molecule has 9 nitrogen and oxygen atoms in total. The molecule has 1 aromatic heterocycles. The Kier molecular flexibility index (Phi) is 5.83. The summed E-state index contributed by atoms with van der Waals surface area (Å²) in [5, 5.41) is 13.4. The van der Waals surface area contributed by atoms with Crippen molar-refractivity contribution in [3.8, 4) is 11.5 Å². The zero-order chi connectivity index (χ0) is 21.1. The number of para-hydroxylation sites is 1. The Morgan fingerprint density at radius 2 is 2.03 bits per heavy atom. The number of rotatable bonds is 6. The van der Waals surface area contributed by atoms with Gasteiger partial charge in [0.05, 0.1) is 24.2 Å². The maximum absolute atomic E-state index is 12.6. The van der Waals surface area contributed by atoms with Crippen molar-refractivity contribution in [1.29, 1.82) is 0 Å². The van der Waals surface area contributed by atoms with Gasteiger partial charge < -0.3 is 19.6 Å². The molecule has 150 valence electrons. The Morgan fingerprint density at radius 3 is 2.72 bits per heavy atom. The van der Waals surface area contributed by atoms with Gasteiger partial charge in [-0.05, 0) is 31.2 Å². The fourth-order valence-corrected chi connectivity index (χ4v) is 3.02. The van der Waals surface area contributed by atoms with Crippen LogP contribution < -0.4 is 20.7 Å². The van der Waals surface area contributed by atoms with E-state index in [4.69, 9.17) is 14.6 Å². The standard InChI is InChI=1S/C19H16BrN3O6/c1-10(18(25)26)29-16-11(7-12(20)8-15(16)28-2)9-21-23-17(24)13-5-3-4-6-14(13)22-19(23)27/h3-10H,1-2H3,(H,22,27)(H,25,26)/t10-/m0/s1. The highest BCUT2D eigenvalue weighted by Gasteiger charge is 2.19. The van der Waals surface area contributed by atoms with Gasteiger partial charge in [0.2, 0.25) is 0 Å². The molecular formula is C19H16BrN3O6. The van der Waals surface area contributed by atoms with Crippen molar-refractivity contribution in [2.75, 3.05) is 7.11 Å². The van der Waals surface area contributed by atoms with Crippen LogP contribution in [0, 0.1) is 0 Å². The lowest BCUT2D eigenvalue weighted by molar-refractivity contribution is -0.144. The van der Waals surface area contributed by atoms with E-state index in [0.29, 0.717) is 25.6 Å². The molecule has 10 heteroatoms. The molecule has 2 aromatic carbocycles. The number of nitrogens with one attached hydrogen (secondary N) is 1. The van der Waals surface area contributed by atoms with E-state index in [-0.39, 0.29) is 11.5 Å². The zero-order valence-electron chi connectivity index (χ0n) is 15.4. The molecule has 0 unspecified atom stereocenters. The highest BCUT2D eigenvalue weighted by molar-refractivity contribution is 9.10. The number of carbonyl (C=O) groups is 1. The molecule has 0 saturated carbocycles. The second-order valence-electron chi connectivity index (χ2n) is 5.96. The van der Waals surface area contributed by atoms with Gasteiger partial charge in [0.15, 0.2) is 17.6 Å². The zero-order valence-corrected chi connectivity index (χ0v) is 17.0. The molecule has 0 amide bonds. The molecule has 0 aliphatic rings. The lowest BCUT2D eigenvalue weighted by atomic mass is 10.2. The summed E-state index contributed by atoms with van der Waals surface area (Å²) in [6.45, 7) is 1.36. The van der Waals surface area contributed by atoms with E-state index >= 15 is 0 Å². The predicted octanol–water partition coefficient (Wildman–Crippen LogP) is 2.19. The number of hydrogen-bond acceptors (Lipinski definition) is 6. The number of carboxylic acid groups (broad SMARTS) is 1. The van der Waals surface area contributed by atoms with Gasteiger partial charge in [-0.15, -0.1) is 4.68 Å². The highest BCUT2D eigenvalue weighted by Crippen LogP contribution is 2.34. The number of nitrogens with zero attached hydrogens (tertiary/aromatic N) is 2. The first kappa shape index (κ1) is 20.3. The number of fused-ring (bicyclic) bond motifs is 1. The Balaban J connectivity index is 2.13. The van der Waals surface area contributed by atoms with Crippen LogP contribution >= 0.6 is 15.9 Å². The Hall–Kier alpha value is -3.40. The van der Waals surface area contributed by atoms with E-state index in [1.54, 1.807) is 36.4 Å². The van der Waals surface area contributed by atoms with E-state index in [9.17, 15) is 14.4 Å². The summed E-state index contributed by atoms with van der Waals surface area (Å²) in [5.74, 6) is -0.798. The van der Waals surface area contributed by atoms with Crippen molar-refractivity contribution in [2.45, 2.75) is 13.0 Å². The van der Waals surface area contributed by atoms with E-state index in [0.717, 1.165) is 0 Å². The molecule has 1 heterocycles. The summed E-state index contributed by atoms with van der Waals surface area (Å²) in [7, 11) is 1.40. The largest absolute Gasteiger partial charge is 0.493 e. The molecule has 0 bridgehead atoms. The number of aromatic amines is 1. The number of aliphatic carboxylic acids is 1. The minimum absolute atomic E-state index is 0.111. The van der Waals surface area contributed by atoms with Crippen LogP contribution in [0.25, 0.3) is 10.9 Å². The van der Waals surface area contributed by atoms with Crippen molar-refractivity contribution in [3.05, 3.63) is 67.3 Å². The molecule has 0 radical (unpaired) electrons. The Labute approximate surface area is 172 Å². The molecule has 1 atom stereocenters. The second-order valence-corrected chi connectivity index (χ2v) is 6.88. The average Bonchev–Trinajstić information content (AvgIpc) is 2.69. The molecule has 0 aliphatic heterocycles. The van der Waals surface area contributed by atoms with Crippen molar-refractivity contribution in [1.82, 2.24) is 9.66 Å². The van der Waals surface area contributed by atoms with Gasteiger partial charge in [-0.25, -0.2) is 9.59 Å². The molecule has 3 rings (SSSR count). The number of ether oxygens (including phenoxy) is 2. The van der Waals surface area contributed by atoms with E-state index in [1.807, 2.05) is 0 Å². The number of H-pyrrole nitrogens is 1. The van der Waals surface area contributed by atoms with Crippen LogP contribution in [0.2, 0.25) is 0 Å². The van der Waals surface area contributed by atoms with Crippen molar-refractivity contribution in [3.63, 3.8) is 0 Å². The fourth-order valence-electron chi connectivity index (χ4n) is 2.57. The topological polar surface area (TPSA) is 123 Å². The highest BCUT2D eigenvalue weighted by atomic mass is 79.9. The summed E-state index contributed by atoms with van der Waals surface area (Å²) in [5.41, 5.74) is -0.599. The van der Waals surface area contributed by atoms with Crippen LogP contribution in [0.3, 0.4) is 0 Å². The molecule has 0 fully saturated rings. The van der Waals surface area contributed by atoms with Crippen LogP contribution in [-0.4, -0.2) is 40.2 Å². The lowest BCUT2D eigenvalue weighted by Crippen LogP contribution is -2.32. The Morgan fingerprint density at radius 1 is 1.31 bits per heavy atom. The molecule has 0 aliphatic carbocycles. The first-order valence-electron chi connectivity index (χ1n) is 8.37. The molecule has 3 aromatic rings. The van der Waals surface area contributed by atoms with E-state index < -0.39 is 23.3 Å². The Bertz CT molecular complexity index is 1230. The summed E-state index contributed by atoms with van der Waals surface area (Å²) in [6, 6.07) is 9.75. The van der Waals surface area contributed by atoms with Crippen molar-refractivity contribution < 1.29 is 19.4 Å². The third kappa shape index (κ3) is 4.21. The summed E-state index contributed by atoms with van der Waals surface area (Å²) >= 11 is 3.32. The normalized spacial score (nSPS) is 12.2. The van der Waals surface area contributed by atoms with E-state index in [1.165, 1.54) is 20.2 Å². The van der Waals surface area contributed by atoms with Crippen LogP contribution in [0.5, 0.6) is 11.5 Å². The van der Waals surface area contributed by atoms with Gasteiger partial charge in [-0.2, -0.15) is 5.10 Å². The van der Waals surface area contributed by atoms with Crippen molar-refractivity contribution >= 4 is 39.0 Å². The van der Waals surface area contributed by atoms with Crippen LogP contribution in [-0.2, 0) is 4.79 Å². The molecule has 0 saturated heterocycles. The summed E-state index contributed by atoms with van der Waals surface area (Å²) < 4.78 is 12.0. The maximum Gasteiger partial charge on any atom is 0.349 e. The second kappa shape index (κ2) is 8.31. The van der Waals surface area contributed by atoms with Crippen LogP contribution in [0.15, 0.2) is 55.6 Å². The van der Waals surface area contributed by atoms with Gasteiger partial charge in [0, 0.05) is 10.0 Å². The number of aromatic nitrogens is 2. The first-order valence-corrected chi connectivity index (χ1v) is 9.16. The van der Waals surface area contributed by atoms with Crippen LogP contribution in [0.1, 0.15) is 12.5 Å². The monoisotopic (exact) mass is 461 g/mol. The molecule has 2 N–H and O–H groups in total. The van der Waals surface area contributed by atoms with Gasteiger partial charge in [0.1, 0.15) is 0 Å². The average molecular weight is 462 g/mol. The number of carboxylic acids is 1. The van der Waals surface area contributed by atoms with E-state index in [2.05, 4.69) is 26.0 Å². The fraction of sp³-hybridized carbons (Fsp3) is 0.158. The van der Waals surface area contributed by atoms with Gasteiger partial charge in [-0.3, -0.25) is 4.79 Å². The summed E-state index contributed by atoms with van der Waals surface area (Å²) in [4.78, 5) is 38.6. The molecule has 0 spiro atoms. The minimum atomic E-state index is -1.17. The lowest BCUT2D eigenvalue weighted by Gasteiger charge is -2.16. The predicted molar refractivity (Wildman–Crippen MR) is 110 cm³/mol. The SMILES string of the molecule is COc1cc(Br)cc(C=Nn2c(=O)[nH]c3ccccc3c2=O)c1O[C@@H](C)C(=O)O. The number of benzene rings is 2. The third-order valence-electron chi connectivity index (χ3n) is 4.01. The minimum Gasteiger partial charge on any atom is -0.493 e. The first-order chi connectivity index (χ1) is 13.8. The number of hydrogen-bond donors (Lipinski definition) is 2.